The average molecular weight is 390 g/mol. The van der Waals surface area contributed by atoms with E-state index in [-0.39, 0.29) is 19.1 Å². The fraction of sp³-hybridized carbons (Fsp3) is 0.500. The Kier molecular flexibility index (Phi) is 5.76. The number of rotatable bonds is 7. The van der Waals surface area contributed by atoms with Gasteiger partial charge in [0.25, 0.3) is 0 Å². The number of hydrogen-bond donors (Lipinski definition) is 1. The van der Waals surface area contributed by atoms with Gasteiger partial charge in [-0.25, -0.2) is 9.69 Å². The monoisotopic (exact) mass is 390 g/mol. The van der Waals surface area contributed by atoms with Gasteiger partial charge in [-0.15, -0.1) is 0 Å². The predicted molar refractivity (Wildman–Crippen MR) is 94.4 cm³/mol. The molecule has 2 fully saturated rings. The molecule has 0 atom stereocenters. The second-order valence-corrected chi connectivity index (χ2v) is 6.89. The smallest absolute Gasteiger partial charge is 0.334 e. The molecule has 0 radical (unpaired) electrons. The molecule has 150 valence electrons. The number of amides is 6. The van der Waals surface area contributed by atoms with Crippen LogP contribution in [0.3, 0.4) is 0 Å². The molecule has 1 saturated heterocycles. The fourth-order valence-corrected chi connectivity index (χ4v) is 3.36. The molecule has 1 aliphatic carbocycles. The van der Waals surface area contributed by atoms with E-state index in [4.69, 9.17) is 4.42 Å². The minimum Gasteiger partial charge on any atom is -0.467 e. The molecule has 6 amide bonds. The minimum absolute atomic E-state index is 0.182. The summed E-state index contributed by atoms with van der Waals surface area (Å²) in [6.45, 7) is -0.646. The highest BCUT2D eigenvalue weighted by molar-refractivity contribution is 6.45. The number of urea groups is 1. The second kappa shape index (κ2) is 8.24. The Hall–Kier alpha value is -3.17. The molecule has 0 unspecified atom stereocenters. The number of nitrogens with zero attached hydrogens (tertiary/aromatic N) is 3. The number of imide groups is 2. The van der Waals surface area contributed by atoms with Crippen LogP contribution in [0, 0.1) is 0 Å². The maximum absolute atomic E-state index is 12.5. The Morgan fingerprint density at radius 2 is 1.93 bits per heavy atom. The van der Waals surface area contributed by atoms with Gasteiger partial charge in [0.05, 0.1) is 19.4 Å². The van der Waals surface area contributed by atoms with Gasteiger partial charge >= 0.3 is 17.8 Å². The van der Waals surface area contributed by atoms with E-state index >= 15 is 0 Å². The second-order valence-electron chi connectivity index (χ2n) is 6.89. The molecule has 0 spiro atoms. The first-order valence-electron chi connectivity index (χ1n) is 9.10. The van der Waals surface area contributed by atoms with Crippen molar-refractivity contribution < 1.29 is 28.4 Å². The third kappa shape index (κ3) is 4.05. The van der Waals surface area contributed by atoms with Crippen LogP contribution in [-0.4, -0.2) is 70.5 Å². The largest absolute Gasteiger partial charge is 0.467 e. The van der Waals surface area contributed by atoms with Crippen LogP contribution in [0.2, 0.25) is 0 Å². The fourth-order valence-electron chi connectivity index (χ4n) is 3.36. The number of nitrogens with one attached hydrogen (secondary N) is 1. The van der Waals surface area contributed by atoms with Crippen LogP contribution in [-0.2, 0) is 25.7 Å². The minimum atomic E-state index is -0.999. The maximum atomic E-state index is 12.5. The molecule has 2 aliphatic rings. The lowest BCUT2D eigenvalue weighted by Crippen LogP contribution is -2.45. The molecule has 0 bridgehead atoms. The molecule has 1 N–H and O–H groups in total. The Bertz CT molecular complexity index is 784. The van der Waals surface area contributed by atoms with E-state index in [1.54, 1.807) is 12.1 Å². The first-order chi connectivity index (χ1) is 13.4. The van der Waals surface area contributed by atoms with Crippen molar-refractivity contribution in [3.05, 3.63) is 24.2 Å². The summed E-state index contributed by atoms with van der Waals surface area (Å²) in [5.41, 5.74) is 0. The Morgan fingerprint density at radius 1 is 1.21 bits per heavy atom. The number of likely N-dealkylation sites (N-methyl/N-ethyl adjacent to an activating group) is 1. The highest BCUT2D eigenvalue weighted by atomic mass is 16.3. The summed E-state index contributed by atoms with van der Waals surface area (Å²) < 4.78 is 5.10. The Labute approximate surface area is 161 Å². The molecule has 0 aromatic carbocycles. The molecule has 28 heavy (non-hydrogen) atoms. The van der Waals surface area contributed by atoms with Crippen LogP contribution in [0.15, 0.2) is 22.8 Å². The molecule has 3 rings (SSSR count). The summed E-state index contributed by atoms with van der Waals surface area (Å²) >= 11 is 0. The van der Waals surface area contributed by atoms with Crippen LogP contribution < -0.4 is 5.32 Å². The van der Waals surface area contributed by atoms with Crippen LogP contribution in [0.4, 0.5) is 4.79 Å². The van der Waals surface area contributed by atoms with Gasteiger partial charge in [0.15, 0.2) is 0 Å². The van der Waals surface area contributed by atoms with Gasteiger partial charge in [-0.3, -0.25) is 24.1 Å². The lowest BCUT2D eigenvalue weighted by Gasteiger charge is -2.22. The zero-order chi connectivity index (χ0) is 20.3. The highest BCUT2D eigenvalue weighted by Gasteiger charge is 2.48. The van der Waals surface area contributed by atoms with Crippen molar-refractivity contribution in [2.45, 2.75) is 38.3 Å². The molecule has 1 aliphatic heterocycles. The first kappa shape index (κ1) is 19.6. The van der Waals surface area contributed by atoms with E-state index in [1.807, 2.05) is 0 Å². The first-order valence-corrected chi connectivity index (χ1v) is 9.10. The quantitative estimate of drug-likeness (QED) is 0.520. The van der Waals surface area contributed by atoms with Crippen LogP contribution >= 0.6 is 0 Å². The van der Waals surface area contributed by atoms with Gasteiger partial charge in [0.2, 0.25) is 11.8 Å². The van der Waals surface area contributed by atoms with E-state index in [0.29, 0.717) is 23.5 Å². The van der Waals surface area contributed by atoms with Crippen molar-refractivity contribution >= 4 is 29.7 Å². The average Bonchev–Trinajstić information content (AvgIpc) is 3.40. The summed E-state index contributed by atoms with van der Waals surface area (Å²) in [4.78, 5) is 63.8. The summed E-state index contributed by atoms with van der Waals surface area (Å²) in [6.07, 6.45) is 4.61. The van der Waals surface area contributed by atoms with Crippen molar-refractivity contribution in [2.24, 2.45) is 0 Å². The molecule has 1 aromatic heterocycles. The normalized spacial score (nSPS) is 17.5. The third-order valence-electron chi connectivity index (χ3n) is 4.91. The Morgan fingerprint density at radius 3 is 2.57 bits per heavy atom. The summed E-state index contributed by atoms with van der Waals surface area (Å²) in [6, 6.07) is 2.35. The topological polar surface area (TPSA) is 120 Å². The summed E-state index contributed by atoms with van der Waals surface area (Å²) in [5.74, 6) is -2.35. The van der Waals surface area contributed by atoms with Crippen molar-refractivity contribution in [3.63, 3.8) is 0 Å². The van der Waals surface area contributed by atoms with E-state index in [0.717, 1.165) is 22.6 Å². The van der Waals surface area contributed by atoms with E-state index in [1.165, 1.54) is 13.3 Å². The zero-order valence-electron chi connectivity index (χ0n) is 15.6. The van der Waals surface area contributed by atoms with Crippen LogP contribution in [0.25, 0.3) is 0 Å². The molecule has 10 heteroatoms. The Balaban J connectivity index is 1.52. The van der Waals surface area contributed by atoms with Crippen molar-refractivity contribution in [1.82, 2.24) is 20.0 Å². The van der Waals surface area contributed by atoms with E-state index in [2.05, 4.69) is 5.32 Å². The van der Waals surface area contributed by atoms with Gasteiger partial charge in [-0.1, -0.05) is 12.8 Å². The van der Waals surface area contributed by atoms with Crippen molar-refractivity contribution in [3.8, 4) is 0 Å². The highest BCUT2D eigenvalue weighted by Crippen LogP contribution is 2.27. The summed E-state index contributed by atoms with van der Waals surface area (Å²) in [7, 11) is 1.39. The zero-order valence-corrected chi connectivity index (χ0v) is 15.6. The molecule has 1 saturated carbocycles. The van der Waals surface area contributed by atoms with Gasteiger partial charge in [-0.05, 0) is 25.0 Å². The molecule has 1 aromatic rings. The predicted octanol–water partition coefficient (Wildman–Crippen LogP) is 0.0876. The molecule has 2 heterocycles. The standard InChI is InChI=1S/C18H22N4O6/c1-20(10-14(23)19-9-13-7-4-8-28-13)15(24)11-21-16(25)17(26)22(18(21)27)12-5-2-3-6-12/h4,7-8,12H,2-3,5-6,9-11H2,1H3,(H,19,23). The van der Waals surface area contributed by atoms with Gasteiger partial charge in [-0.2, -0.15) is 0 Å². The number of carbonyl (C=O) groups is 5. The maximum Gasteiger partial charge on any atom is 0.334 e. The lowest BCUT2D eigenvalue weighted by molar-refractivity contribution is -0.145. The van der Waals surface area contributed by atoms with E-state index < -0.39 is 36.2 Å². The molecular formula is C18H22N4O6. The molecular weight excluding hydrogens is 368 g/mol. The molecule has 10 nitrogen and oxygen atoms in total. The number of furan rings is 1. The third-order valence-corrected chi connectivity index (χ3v) is 4.91. The van der Waals surface area contributed by atoms with Crippen molar-refractivity contribution in [1.29, 1.82) is 0 Å². The summed E-state index contributed by atoms with van der Waals surface area (Å²) in [5, 5.41) is 2.60. The van der Waals surface area contributed by atoms with Crippen molar-refractivity contribution in [2.75, 3.05) is 20.1 Å². The van der Waals surface area contributed by atoms with Gasteiger partial charge in [0, 0.05) is 13.1 Å². The van der Waals surface area contributed by atoms with E-state index in [9.17, 15) is 24.0 Å². The number of hydrogen-bond acceptors (Lipinski definition) is 6. The number of carbonyl (C=O) groups excluding carboxylic acids is 5. The van der Waals surface area contributed by atoms with Gasteiger partial charge in [0.1, 0.15) is 12.3 Å². The lowest BCUT2D eigenvalue weighted by atomic mass is 10.2. The van der Waals surface area contributed by atoms with Crippen LogP contribution in [0.5, 0.6) is 0 Å². The SMILES string of the molecule is CN(CC(=O)NCc1ccco1)C(=O)CN1C(=O)C(=O)N(C2CCCC2)C1=O. The van der Waals surface area contributed by atoms with Crippen LogP contribution in [0.1, 0.15) is 31.4 Å². The van der Waals surface area contributed by atoms with Gasteiger partial charge < -0.3 is 14.6 Å².